The molecule has 1 saturated heterocycles. The molecule has 0 bridgehead atoms. The summed E-state index contributed by atoms with van der Waals surface area (Å²) in [5.74, 6) is 0.789. The van der Waals surface area contributed by atoms with Crippen LogP contribution in [0.2, 0.25) is 0 Å². The molecule has 1 aliphatic rings. The second-order valence-corrected chi connectivity index (χ2v) is 9.49. The van der Waals surface area contributed by atoms with Crippen LogP contribution in [-0.2, 0) is 21.2 Å². The van der Waals surface area contributed by atoms with E-state index in [2.05, 4.69) is 15.3 Å². The molecule has 2 heterocycles. The highest BCUT2D eigenvalue weighted by Crippen LogP contribution is 2.31. The number of nitrogens with one attached hydrogen (secondary N) is 2. The van der Waals surface area contributed by atoms with Crippen LogP contribution in [0.4, 0.5) is 5.69 Å². The molecule has 2 aromatic carbocycles. The van der Waals surface area contributed by atoms with Gasteiger partial charge >= 0.3 is 0 Å². The Morgan fingerprint density at radius 2 is 1.94 bits per heavy atom. The minimum atomic E-state index is -3.69. The molecule has 9 heteroatoms. The van der Waals surface area contributed by atoms with Crippen molar-refractivity contribution in [3.05, 3.63) is 48.3 Å². The zero-order valence-corrected chi connectivity index (χ0v) is 18.2. The van der Waals surface area contributed by atoms with Gasteiger partial charge in [0.15, 0.2) is 0 Å². The fraction of sp³-hybridized carbons (Fsp3) is 0.364. The summed E-state index contributed by atoms with van der Waals surface area (Å²) in [4.78, 5) is 20.2. The maximum atomic E-state index is 13.1. The monoisotopic (exact) mass is 442 g/mol. The summed E-state index contributed by atoms with van der Waals surface area (Å²) >= 11 is 0. The van der Waals surface area contributed by atoms with Crippen LogP contribution in [0.1, 0.15) is 31.5 Å². The van der Waals surface area contributed by atoms with Crippen molar-refractivity contribution in [3.63, 3.8) is 0 Å². The van der Waals surface area contributed by atoms with Gasteiger partial charge in [0.25, 0.3) is 0 Å². The molecular formula is C22H26N4O4S. The van der Waals surface area contributed by atoms with E-state index in [0.29, 0.717) is 25.2 Å². The third-order valence-electron chi connectivity index (χ3n) is 5.41. The largest absolute Gasteiger partial charge is 0.495 e. The SMILES string of the molecule is COc1ccc(NC(=O)CCc2nc3ccccc3[nH]2)cc1S(=O)(=O)N1CCCCC1. The Labute approximate surface area is 181 Å². The van der Waals surface area contributed by atoms with Crippen LogP contribution in [0, 0.1) is 0 Å². The van der Waals surface area contributed by atoms with Crippen LogP contribution < -0.4 is 10.1 Å². The normalized spacial score (nSPS) is 15.1. The molecule has 2 N–H and O–H groups in total. The summed E-state index contributed by atoms with van der Waals surface area (Å²) in [7, 11) is -2.25. The van der Waals surface area contributed by atoms with E-state index in [-0.39, 0.29) is 23.0 Å². The number of amides is 1. The maximum Gasteiger partial charge on any atom is 0.246 e. The molecule has 1 amide bonds. The highest BCUT2D eigenvalue weighted by molar-refractivity contribution is 7.89. The number of anilines is 1. The van der Waals surface area contributed by atoms with Crippen LogP contribution in [0.5, 0.6) is 5.75 Å². The highest BCUT2D eigenvalue weighted by Gasteiger charge is 2.29. The first kappa shape index (κ1) is 21.3. The number of carbonyl (C=O) groups excluding carboxylic acids is 1. The van der Waals surface area contributed by atoms with Gasteiger partial charge in [-0.15, -0.1) is 0 Å². The summed E-state index contributed by atoms with van der Waals surface area (Å²) in [5, 5.41) is 2.79. The number of benzene rings is 2. The van der Waals surface area contributed by atoms with Crippen molar-refractivity contribution >= 4 is 32.7 Å². The smallest absolute Gasteiger partial charge is 0.246 e. The highest BCUT2D eigenvalue weighted by atomic mass is 32.2. The lowest BCUT2D eigenvalue weighted by Gasteiger charge is -2.26. The van der Waals surface area contributed by atoms with E-state index in [1.54, 1.807) is 12.1 Å². The number of piperidine rings is 1. The molecule has 1 aliphatic heterocycles. The van der Waals surface area contributed by atoms with Crippen LogP contribution in [-0.4, -0.2) is 48.8 Å². The summed E-state index contributed by atoms with van der Waals surface area (Å²) in [5.41, 5.74) is 2.22. The number of sulfonamides is 1. The van der Waals surface area contributed by atoms with Gasteiger partial charge in [0, 0.05) is 31.6 Å². The van der Waals surface area contributed by atoms with E-state index in [1.165, 1.54) is 17.5 Å². The van der Waals surface area contributed by atoms with Crippen LogP contribution in [0.3, 0.4) is 0 Å². The summed E-state index contributed by atoms with van der Waals surface area (Å²) in [6.45, 7) is 0.999. The Bertz CT molecular complexity index is 1150. The number of methoxy groups -OCH3 is 1. The number of fused-ring (bicyclic) bond motifs is 1. The topological polar surface area (TPSA) is 104 Å². The molecule has 4 rings (SSSR count). The van der Waals surface area contributed by atoms with Crippen molar-refractivity contribution in [1.82, 2.24) is 14.3 Å². The molecular weight excluding hydrogens is 416 g/mol. The zero-order chi connectivity index (χ0) is 21.8. The average Bonchev–Trinajstić information content (AvgIpc) is 3.21. The van der Waals surface area contributed by atoms with Crippen molar-refractivity contribution in [2.45, 2.75) is 37.0 Å². The van der Waals surface area contributed by atoms with E-state index in [9.17, 15) is 13.2 Å². The van der Waals surface area contributed by atoms with Crippen LogP contribution in [0.15, 0.2) is 47.4 Å². The number of imidazole rings is 1. The van der Waals surface area contributed by atoms with Crippen molar-refractivity contribution in [2.24, 2.45) is 0 Å². The first-order valence-electron chi connectivity index (χ1n) is 10.4. The molecule has 164 valence electrons. The number of hydrogen-bond acceptors (Lipinski definition) is 5. The molecule has 0 saturated carbocycles. The number of para-hydroxylation sites is 2. The Hall–Kier alpha value is -2.91. The fourth-order valence-corrected chi connectivity index (χ4v) is 5.48. The number of carbonyl (C=O) groups is 1. The molecule has 0 radical (unpaired) electrons. The molecule has 1 aromatic heterocycles. The summed E-state index contributed by atoms with van der Waals surface area (Å²) in [6, 6.07) is 12.4. The van der Waals surface area contributed by atoms with Gasteiger partial charge in [0.2, 0.25) is 15.9 Å². The molecule has 3 aromatic rings. The van der Waals surface area contributed by atoms with Gasteiger partial charge in [0.1, 0.15) is 16.5 Å². The van der Waals surface area contributed by atoms with Gasteiger partial charge in [-0.3, -0.25) is 4.79 Å². The van der Waals surface area contributed by atoms with E-state index >= 15 is 0 Å². The first-order chi connectivity index (χ1) is 15.0. The Balaban J connectivity index is 1.46. The van der Waals surface area contributed by atoms with Gasteiger partial charge in [-0.1, -0.05) is 18.6 Å². The summed E-state index contributed by atoms with van der Waals surface area (Å²) < 4.78 is 33.0. The van der Waals surface area contributed by atoms with E-state index < -0.39 is 10.0 Å². The zero-order valence-electron chi connectivity index (χ0n) is 17.4. The lowest BCUT2D eigenvalue weighted by molar-refractivity contribution is -0.116. The lowest BCUT2D eigenvalue weighted by atomic mass is 10.2. The molecule has 8 nitrogen and oxygen atoms in total. The molecule has 0 atom stereocenters. The second kappa shape index (κ2) is 9.07. The Morgan fingerprint density at radius 3 is 2.68 bits per heavy atom. The van der Waals surface area contributed by atoms with Crippen molar-refractivity contribution in [3.8, 4) is 5.75 Å². The van der Waals surface area contributed by atoms with E-state index in [4.69, 9.17) is 4.74 Å². The average molecular weight is 443 g/mol. The van der Waals surface area contributed by atoms with Gasteiger partial charge in [-0.25, -0.2) is 13.4 Å². The number of hydrogen-bond donors (Lipinski definition) is 2. The quantitative estimate of drug-likeness (QED) is 0.584. The van der Waals surface area contributed by atoms with Crippen LogP contribution in [0.25, 0.3) is 11.0 Å². The second-order valence-electron chi connectivity index (χ2n) is 7.58. The number of nitrogens with zero attached hydrogens (tertiary/aromatic N) is 2. The predicted octanol–water partition coefficient (Wildman–Crippen LogP) is 3.32. The number of ether oxygens (including phenoxy) is 1. The standard InChI is InChI=1S/C22H26N4O4S/c1-30-19-10-9-16(15-20(19)31(28,29)26-13-5-2-6-14-26)23-22(27)12-11-21-24-17-7-3-4-8-18(17)25-21/h3-4,7-10,15H,2,5-6,11-14H2,1H3,(H,23,27)(H,24,25). The van der Waals surface area contributed by atoms with Crippen molar-refractivity contribution < 1.29 is 17.9 Å². The Kier molecular flexibility index (Phi) is 6.24. The predicted molar refractivity (Wildman–Crippen MR) is 119 cm³/mol. The maximum absolute atomic E-state index is 13.1. The Morgan fingerprint density at radius 1 is 1.16 bits per heavy atom. The first-order valence-corrected chi connectivity index (χ1v) is 11.8. The summed E-state index contributed by atoms with van der Waals surface area (Å²) in [6.07, 6.45) is 3.40. The lowest BCUT2D eigenvalue weighted by Crippen LogP contribution is -2.35. The number of rotatable bonds is 7. The minimum Gasteiger partial charge on any atom is -0.495 e. The van der Waals surface area contributed by atoms with Crippen LogP contribution >= 0.6 is 0 Å². The molecule has 31 heavy (non-hydrogen) atoms. The minimum absolute atomic E-state index is 0.0759. The number of H-pyrrole nitrogens is 1. The number of aromatic nitrogens is 2. The number of aryl methyl sites for hydroxylation is 1. The number of aromatic amines is 1. The third-order valence-corrected chi connectivity index (χ3v) is 7.33. The van der Waals surface area contributed by atoms with Crippen molar-refractivity contribution in [2.75, 3.05) is 25.5 Å². The molecule has 0 spiro atoms. The third kappa shape index (κ3) is 4.72. The van der Waals surface area contributed by atoms with Gasteiger partial charge in [0.05, 0.1) is 18.1 Å². The molecule has 0 aliphatic carbocycles. The molecule has 0 unspecified atom stereocenters. The van der Waals surface area contributed by atoms with Gasteiger partial charge < -0.3 is 15.0 Å². The van der Waals surface area contributed by atoms with Gasteiger partial charge in [-0.2, -0.15) is 4.31 Å². The van der Waals surface area contributed by atoms with E-state index in [0.717, 1.165) is 36.1 Å². The van der Waals surface area contributed by atoms with Crippen molar-refractivity contribution in [1.29, 1.82) is 0 Å². The van der Waals surface area contributed by atoms with Gasteiger partial charge in [-0.05, 0) is 43.2 Å². The molecule has 1 fully saturated rings. The fourth-order valence-electron chi connectivity index (χ4n) is 3.78. The van der Waals surface area contributed by atoms with E-state index in [1.807, 2.05) is 24.3 Å².